The third-order valence-corrected chi connectivity index (χ3v) is 4.45. The van der Waals surface area contributed by atoms with Crippen LogP contribution in [0.25, 0.3) is 0 Å². The minimum atomic E-state index is -0.861. The first-order valence-corrected chi connectivity index (χ1v) is 9.51. The van der Waals surface area contributed by atoms with E-state index in [1.165, 1.54) is 25.3 Å². The van der Waals surface area contributed by atoms with E-state index in [0.29, 0.717) is 0 Å². The average molecular weight is 208 g/mol. The maximum atomic E-state index is 3.88. The summed E-state index contributed by atoms with van der Waals surface area (Å²) in [5.74, 6) is 1.63. The van der Waals surface area contributed by atoms with Crippen LogP contribution in [0.3, 0.4) is 0 Å². The summed E-state index contributed by atoms with van der Waals surface area (Å²) in [6.07, 6.45) is 11.1. The molecule has 0 saturated heterocycles. The van der Waals surface area contributed by atoms with Crippen LogP contribution in [-0.4, -0.2) is 8.07 Å². The molecule has 0 aromatic rings. The first-order valence-electron chi connectivity index (χ1n) is 5.80. The summed E-state index contributed by atoms with van der Waals surface area (Å²) < 4.78 is 0. The van der Waals surface area contributed by atoms with Gasteiger partial charge in [-0.15, -0.1) is 6.58 Å². The molecule has 0 amide bonds. The van der Waals surface area contributed by atoms with Crippen LogP contribution in [-0.2, 0) is 0 Å². The Hall–Kier alpha value is -0.303. The van der Waals surface area contributed by atoms with Gasteiger partial charge in [0, 0.05) is 8.07 Å². The zero-order chi connectivity index (χ0) is 10.6. The molecule has 80 valence electrons. The summed E-state index contributed by atoms with van der Waals surface area (Å²) in [6, 6.07) is 1.34. The van der Waals surface area contributed by atoms with Crippen LogP contribution in [0.4, 0.5) is 0 Å². The Morgan fingerprint density at radius 1 is 1.21 bits per heavy atom. The lowest BCUT2D eigenvalue weighted by atomic mass is 10.1. The Labute approximate surface area is 90.1 Å². The highest BCUT2D eigenvalue weighted by Crippen LogP contribution is 2.32. The van der Waals surface area contributed by atoms with Crippen LogP contribution >= 0.6 is 0 Å². The van der Waals surface area contributed by atoms with E-state index in [0.717, 1.165) is 11.8 Å². The lowest BCUT2D eigenvalue weighted by molar-refractivity contribution is 0.639. The maximum absolute atomic E-state index is 3.88. The zero-order valence-electron chi connectivity index (χ0n) is 9.92. The third kappa shape index (κ3) is 4.27. The van der Waals surface area contributed by atoms with Crippen molar-refractivity contribution < 1.29 is 0 Å². The second kappa shape index (κ2) is 4.97. The van der Waals surface area contributed by atoms with Gasteiger partial charge in [-0.2, -0.15) is 0 Å². The number of rotatable bonds is 4. The molecule has 0 unspecified atom stereocenters. The van der Waals surface area contributed by atoms with E-state index in [4.69, 9.17) is 0 Å². The fourth-order valence-corrected chi connectivity index (χ4v) is 2.90. The molecule has 0 aromatic carbocycles. The molecule has 1 aliphatic rings. The Morgan fingerprint density at radius 2 is 1.86 bits per heavy atom. The molecule has 14 heavy (non-hydrogen) atoms. The number of hydrogen-bond acceptors (Lipinski definition) is 0. The van der Waals surface area contributed by atoms with Crippen LogP contribution < -0.4 is 0 Å². The first-order chi connectivity index (χ1) is 6.51. The average Bonchev–Trinajstić information content (AvgIpc) is 2.50. The molecule has 1 fully saturated rings. The molecule has 0 aromatic heterocycles. The van der Waals surface area contributed by atoms with Gasteiger partial charge in [0.15, 0.2) is 0 Å². The standard InChI is InChI=1S/C13H24Si/c1-5-12-8-9-13(11-12)7-6-10-14(2,3)4/h5-7,12-13H,1,8-11H2,2-4H3/b7-6+/t12-,13+/m1/s1. The van der Waals surface area contributed by atoms with E-state index in [1.54, 1.807) is 0 Å². The Kier molecular flexibility index (Phi) is 4.18. The van der Waals surface area contributed by atoms with Crippen molar-refractivity contribution >= 4 is 8.07 Å². The molecule has 1 heteroatoms. The van der Waals surface area contributed by atoms with Crippen LogP contribution in [0, 0.1) is 11.8 Å². The lowest BCUT2D eigenvalue weighted by Crippen LogP contribution is -2.17. The highest BCUT2D eigenvalue weighted by Gasteiger charge is 2.20. The van der Waals surface area contributed by atoms with Crippen LogP contribution in [0.5, 0.6) is 0 Å². The topological polar surface area (TPSA) is 0 Å². The predicted molar refractivity (Wildman–Crippen MR) is 68.3 cm³/mol. The SMILES string of the molecule is C=C[C@@H]1CC[C@H](/C=C/C[Si](C)(C)C)C1. The summed E-state index contributed by atoms with van der Waals surface area (Å²) in [5.41, 5.74) is 0. The zero-order valence-corrected chi connectivity index (χ0v) is 10.9. The fraction of sp³-hybridized carbons (Fsp3) is 0.692. The molecular weight excluding hydrogens is 184 g/mol. The van der Waals surface area contributed by atoms with Crippen molar-refractivity contribution in [3.63, 3.8) is 0 Å². The molecule has 0 bridgehead atoms. The highest BCUT2D eigenvalue weighted by molar-refractivity contribution is 6.76. The van der Waals surface area contributed by atoms with Crippen molar-refractivity contribution in [2.24, 2.45) is 11.8 Å². The normalized spacial score (nSPS) is 28.5. The third-order valence-electron chi connectivity index (χ3n) is 2.99. The van der Waals surface area contributed by atoms with Crippen LogP contribution in [0.2, 0.25) is 25.7 Å². The van der Waals surface area contributed by atoms with Gasteiger partial charge in [0.2, 0.25) is 0 Å². The van der Waals surface area contributed by atoms with Gasteiger partial charge in [-0.3, -0.25) is 0 Å². The van der Waals surface area contributed by atoms with E-state index in [-0.39, 0.29) is 0 Å². The number of hydrogen-bond donors (Lipinski definition) is 0. The minimum absolute atomic E-state index is 0.788. The van der Waals surface area contributed by atoms with Crippen molar-refractivity contribution in [3.05, 3.63) is 24.8 Å². The summed E-state index contributed by atoms with van der Waals surface area (Å²) in [6.45, 7) is 11.2. The van der Waals surface area contributed by atoms with E-state index in [9.17, 15) is 0 Å². The van der Waals surface area contributed by atoms with E-state index >= 15 is 0 Å². The van der Waals surface area contributed by atoms with Gasteiger partial charge in [0.05, 0.1) is 0 Å². The van der Waals surface area contributed by atoms with E-state index in [2.05, 4.69) is 44.4 Å². The summed E-state index contributed by atoms with van der Waals surface area (Å²) >= 11 is 0. The monoisotopic (exact) mass is 208 g/mol. The summed E-state index contributed by atoms with van der Waals surface area (Å²) in [4.78, 5) is 0. The molecule has 1 saturated carbocycles. The largest absolute Gasteiger partial charge is 0.103 e. The van der Waals surface area contributed by atoms with Crippen molar-refractivity contribution in [2.75, 3.05) is 0 Å². The van der Waals surface area contributed by atoms with Gasteiger partial charge in [-0.1, -0.05) is 37.9 Å². The molecule has 0 radical (unpaired) electrons. The Morgan fingerprint density at radius 3 is 2.36 bits per heavy atom. The molecule has 2 atom stereocenters. The first kappa shape index (κ1) is 11.8. The van der Waals surface area contributed by atoms with Crippen LogP contribution in [0.1, 0.15) is 19.3 Å². The summed E-state index contributed by atoms with van der Waals surface area (Å²) in [5, 5.41) is 0. The number of allylic oxidation sites excluding steroid dienone is 3. The minimum Gasteiger partial charge on any atom is -0.103 e. The smallest absolute Gasteiger partial charge is 0.0480 e. The van der Waals surface area contributed by atoms with Crippen molar-refractivity contribution in [2.45, 2.75) is 44.9 Å². The fourth-order valence-electron chi connectivity index (χ4n) is 2.06. The molecule has 1 rings (SSSR count). The Bertz CT molecular complexity index is 210. The lowest BCUT2D eigenvalue weighted by Gasteiger charge is -2.12. The molecule has 0 nitrogen and oxygen atoms in total. The van der Waals surface area contributed by atoms with Crippen molar-refractivity contribution in [1.82, 2.24) is 0 Å². The van der Waals surface area contributed by atoms with Gasteiger partial charge >= 0.3 is 0 Å². The second-order valence-corrected chi connectivity index (χ2v) is 11.3. The van der Waals surface area contributed by atoms with Crippen LogP contribution in [0.15, 0.2) is 24.8 Å². The molecule has 1 aliphatic carbocycles. The van der Waals surface area contributed by atoms with Crippen molar-refractivity contribution in [1.29, 1.82) is 0 Å². The van der Waals surface area contributed by atoms with Gasteiger partial charge in [-0.05, 0) is 37.1 Å². The predicted octanol–water partition coefficient (Wildman–Crippen LogP) is 4.48. The molecule has 0 heterocycles. The quantitative estimate of drug-likeness (QED) is 0.472. The molecular formula is C13H24Si. The van der Waals surface area contributed by atoms with Gasteiger partial charge in [0.1, 0.15) is 0 Å². The van der Waals surface area contributed by atoms with Gasteiger partial charge < -0.3 is 0 Å². The van der Waals surface area contributed by atoms with Crippen molar-refractivity contribution in [3.8, 4) is 0 Å². The van der Waals surface area contributed by atoms with Gasteiger partial charge in [0.25, 0.3) is 0 Å². The molecule has 0 aliphatic heterocycles. The van der Waals surface area contributed by atoms with E-state index in [1.807, 2.05) is 0 Å². The molecule has 0 N–H and O–H groups in total. The van der Waals surface area contributed by atoms with Gasteiger partial charge in [-0.25, -0.2) is 0 Å². The maximum Gasteiger partial charge on any atom is 0.0480 e. The summed E-state index contributed by atoms with van der Waals surface area (Å²) in [7, 11) is -0.861. The molecule has 0 spiro atoms. The second-order valence-electron chi connectivity index (χ2n) is 5.76. The van der Waals surface area contributed by atoms with E-state index < -0.39 is 8.07 Å². The Balaban J connectivity index is 2.28. The highest BCUT2D eigenvalue weighted by atomic mass is 28.3.